The van der Waals surface area contributed by atoms with Crippen LogP contribution < -0.4 is 4.90 Å². The number of anilines is 3. The molecule has 9 aromatic rings. The second-order valence-corrected chi connectivity index (χ2v) is 12.9. The largest absolute Gasteiger partial charge is 0.309 e. The molecule has 0 bridgehead atoms. The SMILES string of the molecule is c1ccc(N2c3ccccc3-c3ccccc3-c3cc(-c4cccc(-c5cccc6c7ccccc7c7ccccc7c56)c4)ccc32)cc1. The summed E-state index contributed by atoms with van der Waals surface area (Å²) in [5.41, 5.74) is 13.3. The highest BCUT2D eigenvalue weighted by Crippen LogP contribution is 2.51. The first-order valence-electron chi connectivity index (χ1n) is 16.9. The Kier molecular flexibility index (Phi) is 6.25. The lowest BCUT2D eigenvalue weighted by molar-refractivity contribution is 1.29. The van der Waals surface area contributed by atoms with Gasteiger partial charge in [-0.2, -0.15) is 0 Å². The summed E-state index contributed by atoms with van der Waals surface area (Å²) in [6, 6.07) is 68.8. The van der Waals surface area contributed by atoms with Gasteiger partial charge in [0.2, 0.25) is 0 Å². The molecule has 1 aliphatic heterocycles. The van der Waals surface area contributed by atoms with Crippen LogP contribution in [0.3, 0.4) is 0 Å². The van der Waals surface area contributed by atoms with Crippen molar-refractivity contribution in [2.75, 3.05) is 4.90 Å². The van der Waals surface area contributed by atoms with Gasteiger partial charge in [0.15, 0.2) is 0 Å². The summed E-state index contributed by atoms with van der Waals surface area (Å²) in [5.74, 6) is 0. The van der Waals surface area contributed by atoms with E-state index in [1.165, 1.54) is 88.2 Å². The number of nitrogens with zero attached hydrogens (tertiary/aromatic N) is 1. The predicted molar refractivity (Wildman–Crippen MR) is 209 cm³/mol. The zero-order valence-corrected chi connectivity index (χ0v) is 26.8. The van der Waals surface area contributed by atoms with Gasteiger partial charge in [-0.05, 0) is 102 Å². The molecule has 1 heteroatoms. The van der Waals surface area contributed by atoms with Crippen molar-refractivity contribution in [3.05, 3.63) is 188 Å². The highest BCUT2D eigenvalue weighted by Gasteiger charge is 2.26. The molecule has 0 radical (unpaired) electrons. The molecule has 1 aliphatic rings. The molecule has 0 N–H and O–H groups in total. The summed E-state index contributed by atoms with van der Waals surface area (Å²) in [5, 5.41) is 7.78. The maximum atomic E-state index is 2.41. The highest BCUT2D eigenvalue weighted by atomic mass is 15.1. The molecule has 0 unspecified atom stereocenters. The molecule has 0 amide bonds. The van der Waals surface area contributed by atoms with Crippen molar-refractivity contribution in [2.24, 2.45) is 0 Å². The van der Waals surface area contributed by atoms with Gasteiger partial charge in [-0.25, -0.2) is 0 Å². The maximum Gasteiger partial charge on any atom is 0.0540 e. The van der Waals surface area contributed by atoms with Crippen molar-refractivity contribution in [3.8, 4) is 44.5 Å². The van der Waals surface area contributed by atoms with Crippen molar-refractivity contribution >= 4 is 49.4 Å². The molecule has 0 aromatic heterocycles. The summed E-state index contributed by atoms with van der Waals surface area (Å²) >= 11 is 0. The molecule has 1 heterocycles. The molecule has 228 valence electrons. The van der Waals surface area contributed by atoms with Crippen molar-refractivity contribution in [3.63, 3.8) is 0 Å². The van der Waals surface area contributed by atoms with Crippen LogP contribution >= 0.6 is 0 Å². The van der Waals surface area contributed by atoms with E-state index in [2.05, 4.69) is 193 Å². The molecule has 49 heavy (non-hydrogen) atoms. The Hall–Kier alpha value is -6.44. The lowest BCUT2D eigenvalue weighted by atomic mass is 9.88. The van der Waals surface area contributed by atoms with Crippen LogP contribution in [0.5, 0.6) is 0 Å². The van der Waals surface area contributed by atoms with Gasteiger partial charge in [-0.15, -0.1) is 0 Å². The second-order valence-electron chi connectivity index (χ2n) is 12.9. The standard InChI is InChI=1S/C48H31N/c1-2-16-35(17-3-1)49-46-27-11-10-23-42(46)38-19-5-7-22-41(38)45-31-33(28-29-47(45)49)32-14-12-15-34(30-32)36-25-13-26-44-40-20-6-4-18-37(40)39-21-8-9-24-43(39)48(36)44/h1-31H. The van der Waals surface area contributed by atoms with Gasteiger partial charge < -0.3 is 4.90 Å². The molecular formula is C48H31N. The summed E-state index contributed by atoms with van der Waals surface area (Å²) in [4.78, 5) is 2.41. The van der Waals surface area contributed by atoms with E-state index in [9.17, 15) is 0 Å². The van der Waals surface area contributed by atoms with Gasteiger partial charge in [-0.3, -0.25) is 0 Å². The number of rotatable bonds is 3. The van der Waals surface area contributed by atoms with Gasteiger partial charge in [0.25, 0.3) is 0 Å². The first-order chi connectivity index (χ1) is 24.3. The molecule has 0 atom stereocenters. The molecular weight excluding hydrogens is 591 g/mol. The lowest BCUT2D eigenvalue weighted by Crippen LogP contribution is -2.10. The summed E-state index contributed by atoms with van der Waals surface area (Å²) in [7, 11) is 0. The quantitative estimate of drug-likeness (QED) is 0.177. The highest BCUT2D eigenvalue weighted by molar-refractivity contribution is 6.28. The van der Waals surface area contributed by atoms with Crippen LogP contribution in [0.25, 0.3) is 76.8 Å². The zero-order valence-electron chi connectivity index (χ0n) is 26.8. The Balaban J connectivity index is 1.18. The third kappa shape index (κ3) is 4.33. The molecule has 0 spiro atoms. The van der Waals surface area contributed by atoms with Crippen molar-refractivity contribution in [2.45, 2.75) is 0 Å². The molecule has 1 nitrogen and oxygen atoms in total. The van der Waals surface area contributed by atoms with E-state index < -0.39 is 0 Å². The molecule has 10 rings (SSSR count). The van der Waals surface area contributed by atoms with E-state index in [0.717, 1.165) is 5.69 Å². The van der Waals surface area contributed by atoms with Crippen LogP contribution in [-0.2, 0) is 0 Å². The van der Waals surface area contributed by atoms with Crippen LogP contribution in [0, 0.1) is 0 Å². The first-order valence-corrected chi connectivity index (χ1v) is 16.9. The Morgan fingerprint density at radius 3 is 1.51 bits per heavy atom. The van der Waals surface area contributed by atoms with Gasteiger partial charge in [0.1, 0.15) is 0 Å². The van der Waals surface area contributed by atoms with Gasteiger partial charge in [0, 0.05) is 16.8 Å². The fourth-order valence-electron chi connectivity index (χ4n) is 8.02. The van der Waals surface area contributed by atoms with Crippen molar-refractivity contribution in [1.29, 1.82) is 0 Å². The zero-order chi connectivity index (χ0) is 32.3. The summed E-state index contributed by atoms with van der Waals surface area (Å²) in [6.07, 6.45) is 0. The minimum absolute atomic E-state index is 1.15. The van der Waals surface area contributed by atoms with E-state index in [0.29, 0.717) is 0 Å². The van der Waals surface area contributed by atoms with Crippen LogP contribution in [0.1, 0.15) is 0 Å². The predicted octanol–water partition coefficient (Wildman–Crippen LogP) is 13.6. The summed E-state index contributed by atoms with van der Waals surface area (Å²) < 4.78 is 0. The third-order valence-corrected chi connectivity index (χ3v) is 10.2. The van der Waals surface area contributed by atoms with Crippen LogP contribution in [-0.4, -0.2) is 0 Å². The fourth-order valence-corrected chi connectivity index (χ4v) is 8.02. The van der Waals surface area contributed by atoms with Crippen molar-refractivity contribution in [1.82, 2.24) is 0 Å². The van der Waals surface area contributed by atoms with Crippen LogP contribution in [0.4, 0.5) is 17.1 Å². The lowest BCUT2D eigenvalue weighted by Gasteiger charge is -2.27. The monoisotopic (exact) mass is 621 g/mol. The van der Waals surface area contributed by atoms with E-state index in [1.807, 2.05) is 0 Å². The van der Waals surface area contributed by atoms with E-state index in [1.54, 1.807) is 0 Å². The molecule has 0 fully saturated rings. The number of hydrogen-bond acceptors (Lipinski definition) is 1. The number of fused-ring (bicyclic) bond motifs is 11. The van der Waals surface area contributed by atoms with E-state index >= 15 is 0 Å². The maximum absolute atomic E-state index is 2.41. The number of para-hydroxylation sites is 2. The Morgan fingerprint density at radius 1 is 0.265 bits per heavy atom. The van der Waals surface area contributed by atoms with Gasteiger partial charge >= 0.3 is 0 Å². The average Bonchev–Trinajstić information content (AvgIpc) is 3.30. The number of hydrogen-bond donors (Lipinski definition) is 0. The summed E-state index contributed by atoms with van der Waals surface area (Å²) in [6.45, 7) is 0. The Bertz CT molecular complexity index is 2680. The van der Waals surface area contributed by atoms with Crippen LogP contribution in [0.2, 0.25) is 0 Å². The number of benzene rings is 9. The van der Waals surface area contributed by atoms with Crippen molar-refractivity contribution < 1.29 is 0 Å². The topological polar surface area (TPSA) is 3.24 Å². The first kappa shape index (κ1) is 27.7. The van der Waals surface area contributed by atoms with E-state index in [4.69, 9.17) is 0 Å². The third-order valence-electron chi connectivity index (χ3n) is 10.2. The molecule has 9 aromatic carbocycles. The molecule has 0 saturated heterocycles. The van der Waals surface area contributed by atoms with E-state index in [-0.39, 0.29) is 0 Å². The van der Waals surface area contributed by atoms with Gasteiger partial charge in [0.05, 0.1) is 11.4 Å². The second kappa shape index (κ2) is 11.1. The minimum Gasteiger partial charge on any atom is -0.309 e. The molecule has 0 saturated carbocycles. The smallest absolute Gasteiger partial charge is 0.0540 e. The average molecular weight is 622 g/mol. The van der Waals surface area contributed by atoms with Crippen LogP contribution in [0.15, 0.2) is 188 Å². The van der Waals surface area contributed by atoms with Gasteiger partial charge in [-0.1, -0.05) is 152 Å². The normalized spacial score (nSPS) is 12.0. The minimum atomic E-state index is 1.15. The Labute approximate surface area is 286 Å². The Morgan fingerprint density at radius 2 is 0.755 bits per heavy atom. The fraction of sp³-hybridized carbons (Fsp3) is 0. The molecule has 0 aliphatic carbocycles.